The normalized spacial score (nSPS) is 22.8. The highest BCUT2D eigenvalue weighted by Gasteiger charge is 2.36. The molecule has 8 heteroatoms. The molecule has 4 atom stereocenters. The van der Waals surface area contributed by atoms with Crippen LogP contribution in [0.1, 0.15) is 43.5 Å². The number of carbonyl (C=O) groups is 1. The van der Waals surface area contributed by atoms with Crippen molar-refractivity contribution in [2.45, 2.75) is 51.0 Å². The van der Waals surface area contributed by atoms with E-state index < -0.39 is 29.7 Å². The van der Waals surface area contributed by atoms with Crippen LogP contribution in [-0.2, 0) is 16.0 Å². The number of aliphatic hydroxyl groups is 1. The van der Waals surface area contributed by atoms with Gasteiger partial charge in [-0.15, -0.1) is 0 Å². The number of hydrogen-bond acceptors (Lipinski definition) is 5. The molecule has 1 aliphatic heterocycles. The highest BCUT2D eigenvalue weighted by molar-refractivity contribution is 5.83. The average Bonchev–Trinajstić information content (AvgIpc) is 3.06. The van der Waals surface area contributed by atoms with Gasteiger partial charge in [0.05, 0.1) is 12.0 Å². The van der Waals surface area contributed by atoms with Crippen molar-refractivity contribution >= 4 is 5.91 Å². The molecule has 1 aromatic carbocycles. The molecule has 2 heterocycles. The first-order valence-corrected chi connectivity index (χ1v) is 9.41. The number of ether oxygens (including phenoxy) is 1. The van der Waals surface area contributed by atoms with Gasteiger partial charge in [0.2, 0.25) is 5.91 Å². The van der Waals surface area contributed by atoms with Gasteiger partial charge in [-0.25, -0.2) is 4.79 Å². The highest BCUT2D eigenvalue weighted by Crippen LogP contribution is 2.27. The van der Waals surface area contributed by atoms with Crippen molar-refractivity contribution in [3.05, 3.63) is 68.5 Å². The SMILES string of the molecule is CCc1cn([C@H]2C[C@H](O)[C@@H](CNC(=O)C(C)c3ccccc3)O2)c(=O)[nH]c1=O. The van der Waals surface area contributed by atoms with E-state index in [-0.39, 0.29) is 24.8 Å². The Bertz CT molecular complexity index is 937. The summed E-state index contributed by atoms with van der Waals surface area (Å²) in [7, 11) is 0. The molecule has 1 amide bonds. The first kappa shape index (κ1) is 20.0. The number of benzene rings is 1. The van der Waals surface area contributed by atoms with Crippen LogP contribution in [0.25, 0.3) is 0 Å². The maximum absolute atomic E-state index is 12.4. The highest BCUT2D eigenvalue weighted by atomic mass is 16.5. The first-order chi connectivity index (χ1) is 13.4. The third-order valence-electron chi connectivity index (χ3n) is 5.11. The molecule has 1 aromatic heterocycles. The number of H-pyrrole nitrogens is 1. The molecule has 3 N–H and O–H groups in total. The number of aliphatic hydroxyl groups excluding tert-OH is 1. The second kappa shape index (κ2) is 8.53. The Morgan fingerprint density at radius 1 is 1.36 bits per heavy atom. The summed E-state index contributed by atoms with van der Waals surface area (Å²) < 4.78 is 7.08. The number of rotatable bonds is 6. The molecule has 150 valence electrons. The predicted octanol–water partition coefficient (Wildman–Crippen LogP) is 0.667. The fraction of sp³-hybridized carbons (Fsp3) is 0.450. The smallest absolute Gasteiger partial charge is 0.330 e. The van der Waals surface area contributed by atoms with Crippen molar-refractivity contribution in [2.24, 2.45) is 0 Å². The maximum Gasteiger partial charge on any atom is 0.330 e. The molecule has 3 rings (SSSR count). The summed E-state index contributed by atoms with van der Waals surface area (Å²) in [4.78, 5) is 38.5. The van der Waals surface area contributed by atoms with Gasteiger partial charge < -0.3 is 15.2 Å². The second-order valence-corrected chi connectivity index (χ2v) is 6.98. The van der Waals surface area contributed by atoms with Crippen LogP contribution in [0.15, 0.2) is 46.1 Å². The van der Waals surface area contributed by atoms with Gasteiger partial charge in [0.1, 0.15) is 12.3 Å². The molecule has 1 saturated heterocycles. The maximum atomic E-state index is 12.4. The quantitative estimate of drug-likeness (QED) is 0.674. The molecule has 0 bridgehead atoms. The lowest BCUT2D eigenvalue weighted by atomic mass is 10.0. The monoisotopic (exact) mass is 387 g/mol. The van der Waals surface area contributed by atoms with Crippen LogP contribution in [0, 0.1) is 0 Å². The van der Waals surface area contributed by atoms with E-state index in [1.54, 1.807) is 0 Å². The molecule has 28 heavy (non-hydrogen) atoms. The Hall–Kier alpha value is -2.71. The molecule has 8 nitrogen and oxygen atoms in total. The fourth-order valence-electron chi connectivity index (χ4n) is 3.31. The van der Waals surface area contributed by atoms with Crippen molar-refractivity contribution in [3.63, 3.8) is 0 Å². The van der Waals surface area contributed by atoms with E-state index in [0.717, 1.165) is 5.56 Å². The summed E-state index contributed by atoms with van der Waals surface area (Å²) in [6, 6.07) is 9.41. The average molecular weight is 387 g/mol. The third kappa shape index (κ3) is 4.23. The zero-order valence-corrected chi connectivity index (χ0v) is 15.9. The Kier molecular flexibility index (Phi) is 6.11. The molecule has 1 unspecified atom stereocenters. The van der Waals surface area contributed by atoms with Crippen molar-refractivity contribution in [1.82, 2.24) is 14.9 Å². The largest absolute Gasteiger partial charge is 0.390 e. The van der Waals surface area contributed by atoms with Gasteiger partial charge in [0, 0.05) is 24.7 Å². The zero-order chi connectivity index (χ0) is 20.3. The summed E-state index contributed by atoms with van der Waals surface area (Å²) in [5.74, 6) is -0.496. The molecule has 0 aliphatic carbocycles. The van der Waals surface area contributed by atoms with Crippen LogP contribution < -0.4 is 16.6 Å². The van der Waals surface area contributed by atoms with Gasteiger partial charge in [0.15, 0.2) is 0 Å². The fourth-order valence-corrected chi connectivity index (χ4v) is 3.31. The lowest BCUT2D eigenvalue weighted by Gasteiger charge is -2.18. The number of aromatic nitrogens is 2. The van der Waals surface area contributed by atoms with Gasteiger partial charge in [-0.2, -0.15) is 0 Å². The molecule has 1 fully saturated rings. The molecule has 0 saturated carbocycles. The van der Waals surface area contributed by atoms with Crippen LogP contribution in [0.2, 0.25) is 0 Å². The first-order valence-electron chi connectivity index (χ1n) is 9.41. The Labute approximate surface area is 162 Å². The third-order valence-corrected chi connectivity index (χ3v) is 5.11. The number of aryl methyl sites for hydroxylation is 1. The molecule has 2 aromatic rings. The minimum absolute atomic E-state index is 0.131. The lowest BCUT2D eigenvalue weighted by Crippen LogP contribution is -2.39. The minimum atomic E-state index is -0.832. The van der Waals surface area contributed by atoms with Crippen molar-refractivity contribution in [3.8, 4) is 0 Å². The number of amides is 1. The molecule has 1 aliphatic rings. The standard InChI is InChI=1S/C20H25N3O5/c1-3-13-11-23(20(27)22-19(13)26)17-9-15(24)16(28-17)10-21-18(25)12(2)14-7-5-4-6-8-14/h4-8,11-12,15-17,24H,3,9-10H2,1-2H3,(H,21,25)(H,22,26,27)/t12?,15-,16+,17+/m0/s1. The van der Waals surface area contributed by atoms with Crippen LogP contribution in [0.3, 0.4) is 0 Å². The van der Waals surface area contributed by atoms with Gasteiger partial charge in [0.25, 0.3) is 5.56 Å². The van der Waals surface area contributed by atoms with Crippen LogP contribution >= 0.6 is 0 Å². The number of carbonyl (C=O) groups excluding carboxylic acids is 1. The van der Waals surface area contributed by atoms with Gasteiger partial charge in [-0.3, -0.25) is 19.1 Å². The summed E-state index contributed by atoms with van der Waals surface area (Å²) in [6.45, 7) is 3.76. The van der Waals surface area contributed by atoms with Gasteiger partial charge in [-0.05, 0) is 18.9 Å². The van der Waals surface area contributed by atoms with E-state index in [1.807, 2.05) is 44.2 Å². The Morgan fingerprint density at radius 3 is 2.75 bits per heavy atom. The summed E-state index contributed by atoms with van der Waals surface area (Å²) in [6.07, 6.45) is -0.0250. The van der Waals surface area contributed by atoms with Crippen LogP contribution in [0.5, 0.6) is 0 Å². The van der Waals surface area contributed by atoms with E-state index in [9.17, 15) is 19.5 Å². The van der Waals surface area contributed by atoms with Crippen molar-refractivity contribution in [1.29, 1.82) is 0 Å². The van der Waals surface area contributed by atoms with E-state index >= 15 is 0 Å². The van der Waals surface area contributed by atoms with Gasteiger partial charge in [-0.1, -0.05) is 37.3 Å². The topological polar surface area (TPSA) is 113 Å². The van der Waals surface area contributed by atoms with Crippen LogP contribution in [0.4, 0.5) is 0 Å². The summed E-state index contributed by atoms with van der Waals surface area (Å²) in [5, 5.41) is 13.1. The number of aromatic amines is 1. The minimum Gasteiger partial charge on any atom is -0.390 e. The second-order valence-electron chi connectivity index (χ2n) is 6.98. The molecular formula is C20H25N3O5. The predicted molar refractivity (Wildman–Crippen MR) is 103 cm³/mol. The zero-order valence-electron chi connectivity index (χ0n) is 15.9. The van der Waals surface area contributed by atoms with E-state index in [4.69, 9.17) is 4.74 Å². The van der Waals surface area contributed by atoms with Crippen molar-refractivity contribution < 1.29 is 14.6 Å². The molecule has 0 spiro atoms. The van der Waals surface area contributed by atoms with Gasteiger partial charge >= 0.3 is 5.69 Å². The molecular weight excluding hydrogens is 362 g/mol. The van der Waals surface area contributed by atoms with Crippen LogP contribution in [-0.4, -0.2) is 39.3 Å². The van der Waals surface area contributed by atoms with E-state index in [0.29, 0.717) is 12.0 Å². The molecule has 0 radical (unpaired) electrons. The Morgan fingerprint density at radius 2 is 2.07 bits per heavy atom. The van der Waals surface area contributed by atoms with E-state index in [1.165, 1.54) is 10.8 Å². The number of nitrogens with one attached hydrogen (secondary N) is 2. The van der Waals surface area contributed by atoms with Crippen molar-refractivity contribution in [2.75, 3.05) is 6.54 Å². The lowest BCUT2D eigenvalue weighted by molar-refractivity contribution is -0.123. The summed E-state index contributed by atoms with van der Waals surface area (Å²) >= 11 is 0. The number of hydrogen-bond donors (Lipinski definition) is 3. The van der Waals surface area contributed by atoms with E-state index in [2.05, 4.69) is 10.3 Å². The Balaban J connectivity index is 1.64. The number of nitrogens with zero attached hydrogens (tertiary/aromatic N) is 1. The summed E-state index contributed by atoms with van der Waals surface area (Å²) in [5.41, 5.74) is 0.367.